The summed E-state index contributed by atoms with van der Waals surface area (Å²) < 4.78 is 11.0. The Hall–Kier alpha value is -2.16. The van der Waals surface area contributed by atoms with Gasteiger partial charge in [0, 0.05) is 49.1 Å². The molecule has 10 heteroatoms. The fraction of sp³-hybridized carbons (Fsp3) is 0.500. The Morgan fingerprint density at radius 3 is 2.80 bits per heavy atom. The van der Waals surface area contributed by atoms with Gasteiger partial charge in [0.15, 0.2) is 5.78 Å². The summed E-state index contributed by atoms with van der Waals surface area (Å²) in [6, 6.07) is 5.09. The molecule has 0 saturated carbocycles. The number of halogens is 2. The third-order valence-electron chi connectivity index (χ3n) is 6.00. The van der Waals surface area contributed by atoms with E-state index in [2.05, 4.69) is 10.1 Å². The van der Waals surface area contributed by atoms with Crippen LogP contribution in [0.4, 0.5) is 4.79 Å². The zero-order valence-corrected chi connectivity index (χ0v) is 17.6. The van der Waals surface area contributed by atoms with Crippen LogP contribution in [0.15, 0.2) is 22.7 Å². The molecule has 0 spiro atoms. The SMILES string of the molecule is O=C1CO[C@H]2CCN(C(=O)N3CC(c4nc(-c5ccc(Cl)cc5Cl)no4)C3)C[C@H]2C1. The minimum Gasteiger partial charge on any atom is -0.370 e. The number of hydrogen-bond donors (Lipinski definition) is 0. The van der Waals surface area contributed by atoms with Gasteiger partial charge in [-0.25, -0.2) is 4.79 Å². The van der Waals surface area contributed by atoms with Crippen LogP contribution >= 0.6 is 23.2 Å². The molecule has 0 N–H and O–H groups in total. The van der Waals surface area contributed by atoms with E-state index in [0.29, 0.717) is 59.9 Å². The molecule has 3 fully saturated rings. The number of fused-ring (bicyclic) bond motifs is 1. The first-order chi connectivity index (χ1) is 14.5. The highest BCUT2D eigenvalue weighted by atomic mass is 35.5. The molecule has 3 saturated heterocycles. The molecule has 0 aliphatic carbocycles. The Morgan fingerprint density at radius 2 is 2.00 bits per heavy atom. The minimum atomic E-state index is -0.0109. The number of aromatic nitrogens is 2. The highest BCUT2D eigenvalue weighted by Gasteiger charge is 2.41. The summed E-state index contributed by atoms with van der Waals surface area (Å²) in [4.78, 5) is 32.6. The fourth-order valence-electron chi connectivity index (χ4n) is 4.32. The highest BCUT2D eigenvalue weighted by Crippen LogP contribution is 2.33. The van der Waals surface area contributed by atoms with Crippen molar-refractivity contribution in [3.63, 3.8) is 0 Å². The van der Waals surface area contributed by atoms with Gasteiger partial charge < -0.3 is 19.1 Å². The quantitative estimate of drug-likeness (QED) is 0.697. The molecule has 0 radical (unpaired) electrons. The number of nitrogens with zero attached hydrogens (tertiary/aromatic N) is 4. The number of benzene rings is 1. The number of Topliss-reactive ketones (excluding diaryl/α,β-unsaturated/α-hetero) is 1. The lowest BCUT2D eigenvalue weighted by Gasteiger charge is -2.45. The number of carbonyl (C=O) groups is 2. The zero-order valence-electron chi connectivity index (χ0n) is 16.1. The Bertz CT molecular complexity index is 991. The molecule has 5 rings (SSSR count). The summed E-state index contributed by atoms with van der Waals surface area (Å²) in [6.45, 7) is 2.46. The van der Waals surface area contributed by atoms with Gasteiger partial charge in [0.25, 0.3) is 0 Å². The molecular formula is C20H20Cl2N4O4. The molecular weight excluding hydrogens is 431 g/mol. The fourth-order valence-corrected chi connectivity index (χ4v) is 4.82. The second-order valence-corrected chi connectivity index (χ2v) is 8.90. The predicted molar refractivity (Wildman–Crippen MR) is 109 cm³/mol. The Balaban J connectivity index is 1.19. The van der Waals surface area contributed by atoms with Crippen LogP contribution in [0.3, 0.4) is 0 Å². The van der Waals surface area contributed by atoms with Crippen LogP contribution in [-0.4, -0.2) is 70.6 Å². The van der Waals surface area contributed by atoms with E-state index in [1.165, 1.54) is 0 Å². The van der Waals surface area contributed by atoms with Crippen LogP contribution in [0.1, 0.15) is 24.7 Å². The van der Waals surface area contributed by atoms with E-state index in [1.807, 2.05) is 4.90 Å². The maximum atomic E-state index is 12.8. The van der Waals surface area contributed by atoms with Crippen LogP contribution in [0.25, 0.3) is 11.4 Å². The standard InChI is InChI=1S/C20H20Cl2N4O4/c21-13-1-2-15(16(22)6-13)18-23-19(30-24-18)12-8-26(9-12)20(28)25-4-3-17-11(7-25)5-14(27)10-29-17/h1-2,6,11-12,17H,3-5,7-10H2/t11-,17+/m1/s1. The van der Waals surface area contributed by atoms with Gasteiger partial charge in [0.2, 0.25) is 11.7 Å². The van der Waals surface area contributed by atoms with Gasteiger partial charge in [0.1, 0.15) is 6.61 Å². The number of hydrogen-bond acceptors (Lipinski definition) is 6. The van der Waals surface area contributed by atoms with Gasteiger partial charge in [-0.2, -0.15) is 4.98 Å². The smallest absolute Gasteiger partial charge is 0.320 e. The normalized spacial score (nSPS) is 24.5. The van der Waals surface area contributed by atoms with Crippen molar-refractivity contribution in [1.29, 1.82) is 0 Å². The molecule has 1 aromatic carbocycles. The zero-order chi connectivity index (χ0) is 20.8. The number of rotatable bonds is 2. The van der Waals surface area contributed by atoms with E-state index in [-0.39, 0.29) is 36.4 Å². The van der Waals surface area contributed by atoms with Crippen molar-refractivity contribution < 1.29 is 18.8 Å². The molecule has 1 aromatic heterocycles. The van der Waals surface area contributed by atoms with Gasteiger partial charge in [0.05, 0.1) is 17.0 Å². The topological polar surface area (TPSA) is 88.8 Å². The van der Waals surface area contributed by atoms with Gasteiger partial charge in [-0.15, -0.1) is 0 Å². The van der Waals surface area contributed by atoms with Crippen molar-refractivity contribution in [1.82, 2.24) is 19.9 Å². The lowest BCUT2D eigenvalue weighted by atomic mass is 9.88. The molecule has 158 valence electrons. The minimum absolute atomic E-state index is 0.00148. The van der Waals surface area contributed by atoms with Crippen LogP contribution in [0.2, 0.25) is 10.0 Å². The van der Waals surface area contributed by atoms with E-state index in [0.717, 1.165) is 6.42 Å². The van der Waals surface area contributed by atoms with Crippen molar-refractivity contribution in [2.75, 3.05) is 32.8 Å². The summed E-state index contributed by atoms with van der Waals surface area (Å²) >= 11 is 12.1. The summed E-state index contributed by atoms with van der Waals surface area (Å²) in [5.74, 6) is 1.11. The molecule has 3 aliphatic rings. The highest BCUT2D eigenvalue weighted by molar-refractivity contribution is 6.36. The monoisotopic (exact) mass is 450 g/mol. The second-order valence-electron chi connectivity index (χ2n) is 8.05. The van der Waals surface area contributed by atoms with E-state index in [9.17, 15) is 9.59 Å². The molecule has 0 bridgehead atoms. The summed E-state index contributed by atoms with van der Waals surface area (Å²) in [7, 11) is 0. The maximum Gasteiger partial charge on any atom is 0.320 e. The largest absolute Gasteiger partial charge is 0.370 e. The van der Waals surface area contributed by atoms with E-state index in [1.54, 1.807) is 23.1 Å². The molecule has 2 amide bonds. The number of ketones is 1. The first-order valence-electron chi connectivity index (χ1n) is 9.94. The maximum absolute atomic E-state index is 12.8. The average Bonchev–Trinajstić information content (AvgIpc) is 3.15. The second kappa shape index (κ2) is 7.83. The van der Waals surface area contributed by atoms with Crippen LogP contribution in [0.5, 0.6) is 0 Å². The third-order valence-corrected chi connectivity index (χ3v) is 6.55. The number of ether oxygens (including phenoxy) is 1. The molecule has 8 nitrogen and oxygen atoms in total. The Kier molecular flexibility index (Phi) is 5.16. The van der Waals surface area contributed by atoms with E-state index >= 15 is 0 Å². The number of urea groups is 1. The molecule has 3 aliphatic heterocycles. The van der Waals surface area contributed by atoms with E-state index < -0.39 is 0 Å². The molecule has 30 heavy (non-hydrogen) atoms. The lowest BCUT2D eigenvalue weighted by molar-refractivity contribution is -0.140. The molecule has 2 atom stereocenters. The molecule has 0 unspecified atom stereocenters. The number of carbonyl (C=O) groups excluding carboxylic acids is 2. The third kappa shape index (κ3) is 3.68. The van der Waals surface area contributed by atoms with Gasteiger partial charge >= 0.3 is 6.03 Å². The first-order valence-corrected chi connectivity index (χ1v) is 10.7. The van der Waals surface area contributed by atoms with Crippen molar-refractivity contribution in [3.8, 4) is 11.4 Å². The lowest BCUT2D eigenvalue weighted by Crippen LogP contribution is -2.58. The Morgan fingerprint density at radius 1 is 1.17 bits per heavy atom. The number of piperidine rings is 1. The summed E-state index contributed by atoms with van der Waals surface area (Å²) in [5.41, 5.74) is 0.649. The summed E-state index contributed by atoms with van der Waals surface area (Å²) in [5, 5.41) is 5.01. The van der Waals surface area contributed by atoms with Crippen LogP contribution in [0, 0.1) is 5.92 Å². The van der Waals surface area contributed by atoms with Gasteiger partial charge in [-0.05, 0) is 24.6 Å². The summed E-state index contributed by atoms with van der Waals surface area (Å²) in [6.07, 6.45) is 1.36. The van der Waals surface area contributed by atoms with Crippen molar-refractivity contribution in [2.45, 2.75) is 24.9 Å². The van der Waals surface area contributed by atoms with Gasteiger partial charge in [-0.1, -0.05) is 28.4 Å². The van der Waals surface area contributed by atoms with Crippen molar-refractivity contribution in [2.24, 2.45) is 5.92 Å². The van der Waals surface area contributed by atoms with E-state index in [4.69, 9.17) is 32.5 Å². The first kappa shape index (κ1) is 19.8. The predicted octanol–water partition coefficient (Wildman–Crippen LogP) is 3.24. The van der Waals surface area contributed by atoms with Gasteiger partial charge in [-0.3, -0.25) is 4.79 Å². The molecule has 4 heterocycles. The van der Waals surface area contributed by atoms with Crippen LogP contribution in [-0.2, 0) is 9.53 Å². The molecule has 2 aromatic rings. The average molecular weight is 451 g/mol. The number of likely N-dealkylation sites (tertiary alicyclic amines) is 2. The van der Waals surface area contributed by atoms with Crippen molar-refractivity contribution >= 4 is 35.0 Å². The van der Waals surface area contributed by atoms with Crippen LogP contribution < -0.4 is 0 Å². The number of amides is 2. The Labute approximate surface area is 183 Å². The van der Waals surface area contributed by atoms with Crippen molar-refractivity contribution in [3.05, 3.63) is 34.1 Å².